The average molecular weight is 279 g/mol. The van der Waals surface area contributed by atoms with Crippen LogP contribution >= 0.6 is 0 Å². The lowest BCUT2D eigenvalue weighted by Gasteiger charge is -2.09. The summed E-state index contributed by atoms with van der Waals surface area (Å²) in [6.07, 6.45) is 0.877. The third-order valence-electron chi connectivity index (χ3n) is 3.52. The number of phenolic OH excluding ortho intramolecular Hbond substituents is 1. The van der Waals surface area contributed by atoms with Gasteiger partial charge in [-0.2, -0.15) is 0 Å². The second-order valence-electron chi connectivity index (χ2n) is 4.87. The van der Waals surface area contributed by atoms with Crippen LogP contribution in [0.2, 0.25) is 0 Å². The van der Waals surface area contributed by atoms with Crippen molar-refractivity contribution in [2.24, 2.45) is 0 Å². The molecule has 0 aromatic heterocycles. The minimum Gasteiger partial charge on any atom is -0.507 e. The summed E-state index contributed by atoms with van der Waals surface area (Å²) in [4.78, 5) is 3.45. The van der Waals surface area contributed by atoms with Crippen molar-refractivity contribution in [2.75, 3.05) is 6.61 Å². The van der Waals surface area contributed by atoms with Gasteiger partial charge in [0.15, 0.2) is 4.98 Å². The van der Waals surface area contributed by atoms with E-state index >= 15 is 0 Å². The molecule has 0 spiro atoms. The van der Waals surface area contributed by atoms with Gasteiger partial charge in [-0.25, -0.2) is 0 Å². The number of ether oxygens (including phenoxy) is 1. The third-order valence-corrected chi connectivity index (χ3v) is 3.52. The Morgan fingerprint density at radius 3 is 2.48 bits per heavy atom. The van der Waals surface area contributed by atoms with E-state index in [1.807, 2.05) is 37.3 Å². The van der Waals surface area contributed by atoms with E-state index in [1.54, 1.807) is 12.1 Å². The van der Waals surface area contributed by atoms with Crippen molar-refractivity contribution in [2.45, 2.75) is 13.3 Å². The van der Waals surface area contributed by atoms with Crippen molar-refractivity contribution in [3.63, 3.8) is 0 Å². The number of hydrogen-bond acceptors (Lipinski definition) is 3. The summed E-state index contributed by atoms with van der Waals surface area (Å²) in [5.41, 5.74) is 0.421. The second kappa shape index (κ2) is 5.29. The number of nitrogens with zero attached hydrogens (tertiary/aromatic N) is 2. The van der Waals surface area contributed by atoms with Gasteiger partial charge in [0.2, 0.25) is 5.39 Å². The van der Waals surface area contributed by atoms with E-state index in [1.165, 1.54) is 0 Å². The van der Waals surface area contributed by atoms with E-state index in [9.17, 15) is 10.5 Å². The first-order valence-corrected chi connectivity index (χ1v) is 6.92. The molecule has 0 heterocycles. The second-order valence-corrected chi connectivity index (χ2v) is 4.87. The lowest BCUT2D eigenvalue weighted by atomic mass is 9.99. The van der Waals surface area contributed by atoms with Crippen molar-refractivity contribution in [1.29, 1.82) is 5.39 Å². The zero-order valence-corrected chi connectivity index (χ0v) is 11.7. The Balaban J connectivity index is 2.46. The van der Waals surface area contributed by atoms with E-state index in [4.69, 9.17) is 4.74 Å². The largest absolute Gasteiger partial charge is 0.507 e. The smallest absolute Gasteiger partial charge is 0.404 e. The topological polar surface area (TPSA) is 57.6 Å². The molecule has 104 valence electrons. The van der Waals surface area contributed by atoms with Crippen LogP contribution in [0.25, 0.3) is 26.5 Å². The molecule has 0 aliphatic heterocycles. The molecule has 3 aromatic carbocycles. The highest BCUT2D eigenvalue weighted by atomic mass is 16.5. The molecular formula is C17H15N2O2+. The molecule has 0 aliphatic rings. The quantitative estimate of drug-likeness (QED) is 0.544. The number of phenols is 1. The highest BCUT2D eigenvalue weighted by Gasteiger charge is 2.24. The molecule has 4 heteroatoms. The molecule has 0 atom stereocenters. The van der Waals surface area contributed by atoms with Crippen LogP contribution in [0.1, 0.15) is 13.3 Å². The van der Waals surface area contributed by atoms with E-state index in [0.717, 1.165) is 6.42 Å². The predicted molar refractivity (Wildman–Crippen MR) is 83.6 cm³/mol. The van der Waals surface area contributed by atoms with Gasteiger partial charge in [0.25, 0.3) is 0 Å². The minimum absolute atomic E-state index is 0.176. The van der Waals surface area contributed by atoms with Crippen molar-refractivity contribution in [3.8, 4) is 11.5 Å². The molecule has 0 amide bonds. The van der Waals surface area contributed by atoms with Gasteiger partial charge in [-0.1, -0.05) is 37.3 Å². The summed E-state index contributed by atoms with van der Waals surface area (Å²) in [7, 11) is 0. The van der Waals surface area contributed by atoms with Crippen molar-refractivity contribution in [1.82, 2.24) is 0 Å². The van der Waals surface area contributed by atoms with Gasteiger partial charge in [0.05, 0.1) is 12.0 Å². The molecule has 0 fully saturated rings. The van der Waals surface area contributed by atoms with Crippen LogP contribution in [0, 0.1) is 5.39 Å². The van der Waals surface area contributed by atoms with Crippen LogP contribution in [0.4, 0.5) is 5.69 Å². The Labute approximate surface area is 122 Å². The lowest BCUT2D eigenvalue weighted by molar-refractivity contribution is 0.321. The van der Waals surface area contributed by atoms with Gasteiger partial charge in [-0.3, -0.25) is 0 Å². The monoisotopic (exact) mass is 279 g/mol. The molecule has 0 saturated carbocycles. The summed E-state index contributed by atoms with van der Waals surface area (Å²) >= 11 is 0. The average Bonchev–Trinajstić information content (AvgIpc) is 2.54. The maximum absolute atomic E-state index is 10.5. The maximum Gasteiger partial charge on any atom is 0.404 e. The fourth-order valence-electron chi connectivity index (χ4n) is 2.58. The Kier molecular flexibility index (Phi) is 3.33. The lowest BCUT2D eigenvalue weighted by Crippen LogP contribution is -1.96. The van der Waals surface area contributed by atoms with Gasteiger partial charge >= 0.3 is 5.69 Å². The molecule has 3 rings (SSSR count). The van der Waals surface area contributed by atoms with Crippen molar-refractivity contribution >= 4 is 27.2 Å². The van der Waals surface area contributed by atoms with Gasteiger partial charge in [0, 0.05) is 10.8 Å². The maximum atomic E-state index is 10.5. The number of diazo groups is 1. The molecule has 0 aliphatic carbocycles. The highest BCUT2D eigenvalue weighted by Crippen LogP contribution is 2.45. The van der Waals surface area contributed by atoms with E-state index < -0.39 is 0 Å². The standard InChI is InChI=1S/C17H14N2O2/c1-2-10-21-14-9-5-8-13-15(14)16(19-18)11-6-3-4-7-12(11)17(13)20/h3-9H,2,10H2,1H3/p+1. The van der Waals surface area contributed by atoms with Crippen LogP contribution in [0.15, 0.2) is 42.5 Å². The van der Waals surface area contributed by atoms with Crippen molar-refractivity contribution < 1.29 is 9.84 Å². The van der Waals surface area contributed by atoms with Gasteiger partial charge < -0.3 is 9.84 Å². The summed E-state index contributed by atoms with van der Waals surface area (Å²) in [5.74, 6) is 0.790. The SMILES string of the molecule is CCCOc1cccc2c(O)c3ccccc3c([N+]#N)c12. The summed E-state index contributed by atoms with van der Waals surface area (Å²) in [6.45, 7) is 2.59. The zero-order chi connectivity index (χ0) is 14.8. The summed E-state index contributed by atoms with van der Waals surface area (Å²) < 4.78 is 5.73. The molecule has 0 bridgehead atoms. The van der Waals surface area contributed by atoms with E-state index in [-0.39, 0.29) is 5.75 Å². The number of aromatic hydroxyl groups is 1. The summed E-state index contributed by atoms with van der Waals surface area (Å²) in [5, 5.41) is 22.6. The molecule has 0 radical (unpaired) electrons. The molecular weight excluding hydrogens is 264 g/mol. The fourth-order valence-corrected chi connectivity index (χ4v) is 2.58. The van der Waals surface area contributed by atoms with Crippen LogP contribution in [0.3, 0.4) is 0 Å². The number of hydrogen-bond donors (Lipinski definition) is 1. The summed E-state index contributed by atoms with van der Waals surface area (Å²) in [6, 6.07) is 12.7. The highest BCUT2D eigenvalue weighted by molar-refractivity contribution is 6.17. The van der Waals surface area contributed by atoms with Gasteiger partial charge in [-0.15, -0.1) is 0 Å². The van der Waals surface area contributed by atoms with E-state index in [2.05, 4.69) is 4.98 Å². The Bertz CT molecular complexity index is 866. The van der Waals surface area contributed by atoms with Crippen LogP contribution in [-0.2, 0) is 0 Å². The Hall–Kier alpha value is -2.80. The predicted octanol–water partition coefficient (Wildman–Crippen LogP) is 4.97. The molecule has 4 nitrogen and oxygen atoms in total. The first kappa shape index (κ1) is 13.2. The van der Waals surface area contributed by atoms with Gasteiger partial charge in [-0.05, 0) is 18.6 Å². The van der Waals surface area contributed by atoms with Crippen molar-refractivity contribution in [3.05, 3.63) is 47.4 Å². The van der Waals surface area contributed by atoms with Crippen LogP contribution < -0.4 is 4.74 Å². The Morgan fingerprint density at radius 2 is 1.76 bits per heavy atom. The molecule has 0 unspecified atom stereocenters. The normalized spacial score (nSPS) is 10.7. The molecule has 0 saturated heterocycles. The van der Waals surface area contributed by atoms with Crippen LogP contribution in [-0.4, -0.2) is 11.7 Å². The zero-order valence-electron chi connectivity index (χ0n) is 11.7. The third kappa shape index (κ3) is 2.03. The first-order chi connectivity index (χ1) is 10.3. The number of benzene rings is 3. The fraction of sp³-hybridized carbons (Fsp3) is 0.176. The first-order valence-electron chi connectivity index (χ1n) is 6.92. The van der Waals surface area contributed by atoms with Crippen LogP contribution in [0.5, 0.6) is 11.5 Å². The Morgan fingerprint density at radius 1 is 1.05 bits per heavy atom. The molecule has 1 N–H and O–H groups in total. The minimum atomic E-state index is 0.176. The molecule has 21 heavy (non-hydrogen) atoms. The van der Waals surface area contributed by atoms with E-state index in [0.29, 0.717) is 39.6 Å². The number of fused-ring (bicyclic) bond motifs is 2. The van der Waals surface area contributed by atoms with Gasteiger partial charge in [0.1, 0.15) is 16.9 Å². The molecule has 3 aromatic rings. The number of rotatable bonds is 3.